The van der Waals surface area contributed by atoms with E-state index in [4.69, 9.17) is 0 Å². The summed E-state index contributed by atoms with van der Waals surface area (Å²) in [5.41, 5.74) is 3.30. The predicted octanol–water partition coefficient (Wildman–Crippen LogP) is 4.86. The van der Waals surface area contributed by atoms with E-state index in [2.05, 4.69) is 20.4 Å². The Hall–Kier alpha value is -3.42. The molecule has 4 rings (SSSR count). The Bertz CT molecular complexity index is 1120. The summed E-state index contributed by atoms with van der Waals surface area (Å²) >= 11 is 0. The zero-order valence-corrected chi connectivity index (χ0v) is 14.2. The molecule has 8 heteroatoms. The normalized spacial score (nSPS) is 11.7. The maximum absolute atomic E-state index is 12.8. The molecule has 3 heterocycles. The second kappa shape index (κ2) is 6.39. The van der Waals surface area contributed by atoms with Gasteiger partial charge in [-0.05, 0) is 48.4 Å². The number of anilines is 2. The third kappa shape index (κ3) is 3.46. The van der Waals surface area contributed by atoms with Gasteiger partial charge in [0.05, 0.1) is 11.7 Å². The zero-order valence-electron chi connectivity index (χ0n) is 14.2. The van der Waals surface area contributed by atoms with Crippen molar-refractivity contribution in [1.82, 2.24) is 19.6 Å². The SMILES string of the molecule is Cc1cc(Nc2nccc(C(F)(F)F)n2)cc(-c2cnn3ccccc23)c1. The molecule has 27 heavy (non-hydrogen) atoms. The van der Waals surface area contributed by atoms with Crippen LogP contribution in [-0.2, 0) is 6.18 Å². The number of benzene rings is 1. The van der Waals surface area contributed by atoms with E-state index in [0.717, 1.165) is 34.5 Å². The van der Waals surface area contributed by atoms with E-state index in [9.17, 15) is 13.2 Å². The Labute approximate surface area is 152 Å². The minimum atomic E-state index is -4.52. The summed E-state index contributed by atoms with van der Waals surface area (Å²) in [5.74, 6) is -0.110. The molecule has 0 fully saturated rings. The number of halogens is 3. The maximum atomic E-state index is 12.8. The molecule has 0 aliphatic rings. The molecule has 4 aromatic rings. The summed E-state index contributed by atoms with van der Waals surface area (Å²) in [5, 5.41) is 7.18. The van der Waals surface area contributed by atoms with Crippen LogP contribution in [0.5, 0.6) is 0 Å². The number of alkyl halides is 3. The van der Waals surface area contributed by atoms with Crippen molar-refractivity contribution < 1.29 is 13.2 Å². The Balaban J connectivity index is 1.71. The van der Waals surface area contributed by atoms with Crippen molar-refractivity contribution in [2.45, 2.75) is 13.1 Å². The van der Waals surface area contributed by atoms with Crippen LogP contribution >= 0.6 is 0 Å². The number of rotatable bonds is 3. The van der Waals surface area contributed by atoms with Crippen LogP contribution in [0.3, 0.4) is 0 Å². The van der Waals surface area contributed by atoms with Crippen LogP contribution in [0.2, 0.25) is 0 Å². The van der Waals surface area contributed by atoms with Gasteiger partial charge in [0.2, 0.25) is 5.95 Å². The highest BCUT2D eigenvalue weighted by molar-refractivity contribution is 5.82. The van der Waals surface area contributed by atoms with Crippen molar-refractivity contribution in [3.63, 3.8) is 0 Å². The second-order valence-electron chi connectivity index (χ2n) is 6.06. The molecule has 0 bridgehead atoms. The van der Waals surface area contributed by atoms with E-state index in [1.807, 2.05) is 49.5 Å². The van der Waals surface area contributed by atoms with Gasteiger partial charge in [0, 0.05) is 23.6 Å². The Morgan fingerprint density at radius 1 is 1.07 bits per heavy atom. The van der Waals surface area contributed by atoms with Gasteiger partial charge in [-0.3, -0.25) is 0 Å². The van der Waals surface area contributed by atoms with E-state index in [0.29, 0.717) is 5.69 Å². The van der Waals surface area contributed by atoms with Crippen LogP contribution in [0.1, 0.15) is 11.3 Å². The van der Waals surface area contributed by atoms with Crippen LogP contribution in [0.15, 0.2) is 61.1 Å². The molecule has 1 N–H and O–H groups in total. The summed E-state index contributed by atoms with van der Waals surface area (Å²) in [4.78, 5) is 7.43. The molecule has 0 amide bonds. The molecule has 0 aliphatic heterocycles. The standard InChI is InChI=1S/C19H14F3N5/c1-12-8-13(15-11-24-27-7-3-2-4-16(15)27)10-14(9-12)25-18-23-6-5-17(26-18)19(20,21)22/h2-11H,1H3,(H,23,25,26). The average Bonchev–Trinajstić information content (AvgIpc) is 3.05. The van der Waals surface area contributed by atoms with Crippen molar-refractivity contribution in [1.29, 1.82) is 0 Å². The lowest BCUT2D eigenvalue weighted by Crippen LogP contribution is -2.10. The molecule has 136 valence electrons. The third-order valence-electron chi connectivity index (χ3n) is 4.02. The number of aromatic nitrogens is 4. The van der Waals surface area contributed by atoms with Gasteiger partial charge in [-0.25, -0.2) is 14.5 Å². The molecule has 0 saturated carbocycles. The van der Waals surface area contributed by atoms with E-state index in [-0.39, 0.29) is 5.95 Å². The number of hydrogen-bond acceptors (Lipinski definition) is 4. The van der Waals surface area contributed by atoms with Gasteiger partial charge in [0.1, 0.15) is 5.69 Å². The zero-order chi connectivity index (χ0) is 19.0. The fourth-order valence-corrected chi connectivity index (χ4v) is 2.87. The highest BCUT2D eigenvalue weighted by Gasteiger charge is 2.32. The molecule has 0 aliphatic carbocycles. The average molecular weight is 369 g/mol. The van der Waals surface area contributed by atoms with Crippen LogP contribution < -0.4 is 5.32 Å². The summed E-state index contributed by atoms with van der Waals surface area (Å²) < 4.78 is 40.3. The quantitative estimate of drug-likeness (QED) is 0.560. The molecule has 5 nitrogen and oxygen atoms in total. The highest BCUT2D eigenvalue weighted by Crippen LogP contribution is 2.30. The fourth-order valence-electron chi connectivity index (χ4n) is 2.87. The first kappa shape index (κ1) is 17.0. The van der Waals surface area contributed by atoms with E-state index < -0.39 is 11.9 Å². The Kier molecular flexibility index (Phi) is 4.02. The smallest absolute Gasteiger partial charge is 0.324 e. The van der Waals surface area contributed by atoms with Gasteiger partial charge in [-0.1, -0.05) is 12.1 Å². The van der Waals surface area contributed by atoms with Gasteiger partial charge < -0.3 is 5.32 Å². The molecular weight excluding hydrogens is 355 g/mol. The molecular formula is C19H14F3N5. The number of nitrogens with zero attached hydrogens (tertiary/aromatic N) is 4. The van der Waals surface area contributed by atoms with Crippen molar-refractivity contribution in [3.8, 4) is 11.1 Å². The van der Waals surface area contributed by atoms with Gasteiger partial charge in [0.25, 0.3) is 0 Å². The monoisotopic (exact) mass is 369 g/mol. The van der Waals surface area contributed by atoms with Crippen molar-refractivity contribution in [3.05, 3.63) is 72.3 Å². The topological polar surface area (TPSA) is 55.1 Å². The Morgan fingerprint density at radius 2 is 1.93 bits per heavy atom. The van der Waals surface area contributed by atoms with Gasteiger partial charge in [0.15, 0.2) is 0 Å². The van der Waals surface area contributed by atoms with E-state index in [1.54, 1.807) is 10.7 Å². The Morgan fingerprint density at radius 3 is 2.74 bits per heavy atom. The summed E-state index contributed by atoms with van der Waals surface area (Å²) in [7, 11) is 0. The summed E-state index contributed by atoms with van der Waals surface area (Å²) in [6.45, 7) is 1.91. The molecule has 0 radical (unpaired) electrons. The van der Waals surface area contributed by atoms with Gasteiger partial charge >= 0.3 is 6.18 Å². The predicted molar refractivity (Wildman–Crippen MR) is 95.7 cm³/mol. The minimum absolute atomic E-state index is 0.110. The van der Waals surface area contributed by atoms with Crippen LogP contribution in [0.25, 0.3) is 16.6 Å². The van der Waals surface area contributed by atoms with E-state index >= 15 is 0 Å². The first-order valence-corrected chi connectivity index (χ1v) is 8.12. The largest absolute Gasteiger partial charge is 0.433 e. The lowest BCUT2D eigenvalue weighted by Gasteiger charge is -2.11. The molecule has 0 unspecified atom stereocenters. The number of fused-ring (bicyclic) bond motifs is 1. The van der Waals surface area contributed by atoms with Crippen molar-refractivity contribution in [2.24, 2.45) is 0 Å². The highest BCUT2D eigenvalue weighted by atomic mass is 19.4. The van der Waals surface area contributed by atoms with Crippen LogP contribution in [0, 0.1) is 6.92 Å². The van der Waals surface area contributed by atoms with E-state index in [1.165, 1.54) is 0 Å². The lowest BCUT2D eigenvalue weighted by molar-refractivity contribution is -0.141. The third-order valence-corrected chi connectivity index (χ3v) is 4.02. The van der Waals surface area contributed by atoms with Gasteiger partial charge in [-0.15, -0.1) is 0 Å². The number of hydrogen-bond donors (Lipinski definition) is 1. The number of pyridine rings is 1. The second-order valence-corrected chi connectivity index (χ2v) is 6.06. The first-order chi connectivity index (χ1) is 12.9. The molecule has 3 aromatic heterocycles. The van der Waals surface area contributed by atoms with Crippen molar-refractivity contribution in [2.75, 3.05) is 5.32 Å². The molecule has 1 aromatic carbocycles. The molecule has 0 saturated heterocycles. The van der Waals surface area contributed by atoms with Crippen LogP contribution in [-0.4, -0.2) is 19.6 Å². The number of nitrogens with one attached hydrogen (secondary N) is 1. The maximum Gasteiger partial charge on any atom is 0.433 e. The van der Waals surface area contributed by atoms with Crippen LogP contribution in [0.4, 0.5) is 24.8 Å². The van der Waals surface area contributed by atoms with Crippen molar-refractivity contribution >= 4 is 17.2 Å². The van der Waals surface area contributed by atoms with Gasteiger partial charge in [-0.2, -0.15) is 18.3 Å². The number of aryl methyl sites for hydroxylation is 1. The molecule has 0 spiro atoms. The summed E-state index contributed by atoms with van der Waals surface area (Å²) in [6, 6.07) is 12.2. The minimum Gasteiger partial charge on any atom is -0.324 e. The fraction of sp³-hybridized carbons (Fsp3) is 0.105. The molecule has 0 atom stereocenters. The lowest BCUT2D eigenvalue weighted by atomic mass is 10.0. The first-order valence-electron chi connectivity index (χ1n) is 8.12. The summed E-state index contributed by atoms with van der Waals surface area (Å²) in [6.07, 6.45) is 0.174.